The summed E-state index contributed by atoms with van der Waals surface area (Å²) in [5.41, 5.74) is 2.49. The van der Waals surface area contributed by atoms with Gasteiger partial charge in [0.1, 0.15) is 0 Å². The molecule has 0 bridgehead atoms. The number of amides is 1. The maximum Gasteiger partial charge on any atom is 0.220 e. The number of unbranched alkanes of at least 4 members (excludes halogenated alkanes) is 1. The molecule has 21 heavy (non-hydrogen) atoms. The van der Waals surface area contributed by atoms with E-state index in [0.29, 0.717) is 6.42 Å². The van der Waals surface area contributed by atoms with Crippen molar-refractivity contribution >= 4 is 5.91 Å². The van der Waals surface area contributed by atoms with E-state index in [4.69, 9.17) is 0 Å². The second-order valence-corrected chi connectivity index (χ2v) is 5.57. The summed E-state index contributed by atoms with van der Waals surface area (Å²) in [6, 6.07) is 8.40. The third-order valence-corrected chi connectivity index (χ3v) is 3.88. The molecule has 0 radical (unpaired) electrons. The first kappa shape index (κ1) is 17.7. The molecule has 0 atom stereocenters. The smallest absolute Gasteiger partial charge is 0.220 e. The van der Waals surface area contributed by atoms with Gasteiger partial charge in [-0.05, 0) is 51.4 Å². The Bertz CT molecular complexity index is 396. The van der Waals surface area contributed by atoms with Crippen LogP contribution in [0.1, 0.15) is 44.2 Å². The largest absolute Gasteiger partial charge is 0.356 e. The molecule has 1 rings (SSSR count). The van der Waals surface area contributed by atoms with E-state index >= 15 is 0 Å². The summed E-state index contributed by atoms with van der Waals surface area (Å²) in [6.07, 6.45) is 3.62. The van der Waals surface area contributed by atoms with Crippen molar-refractivity contribution in [3.05, 3.63) is 35.4 Å². The Kier molecular flexibility index (Phi) is 8.76. The molecule has 1 N–H and O–H groups in total. The molecular weight excluding hydrogens is 260 g/mol. The third-order valence-electron chi connectivity index (χ3n) is 3.88. The Morgan fingerprint density at radius 1 is 1.10 bits per heavy atom. The highest BCUT2D eigenvalue weighted by atomic mass is 16.1. The van der Waals surface area contributed by atoms with Crippen LogP contribution in [0.4, 0.5) is 0 Å². The minimum Gasteiger partial charge on any atom is -0.356 e. The average Bonchev–Trinajstić information content (AvgIpc) is 2.50. The lowest BCUT2D eigenvalue weighted by Crippen LogP contribution is -2.27. The maximum atomic E-state index is 11.8. The van der Waals surface area contributed by atoms with Gasteiger partial charge in [0, 0.05) is 13.0 Å². The van der Waals surface area contributed by atoms with Gasteiger partial charge in [-0.25, -0.2) is 0 Å². The van der Waals surface area contributed by atoms with Crippen molar-refractivity contribution in [2.75, 3.05) is 26.2 Å². The zero-order valence-corrected chi connectivity index (χ0v) is 13.8. The summed E-state index contributed by atoms with van der Waals surface area (Å²) in [5, 5.41) is 3.02. The van der Waals surface area contributed by atoms with E-state index in [1.165, 1.54) is 11.1 Å². The zero-order chi connectivity index (χ0) is 15.5. The fraction of sp³-hybridized carbons (Fsp3) is 0.611. The second-order valence-electron chi connectivity index (χ2n) is 5.57. The number of benzene rings is 1. The highest BCUT2D eigenvalue weighted by Crippen LogP contribution is 2.05. The molecule has 0 aromatic heterocycles. The van der Waals surface area contributed by atoms with Crippen molar-refractivity contribution in [2.45, 2.75) is 46.5 Å². The normalized spacial score (nSPS) is 10.9. The minimum absolute atomic E-state index is 0.165. The van der Waals surface area contributed by atoms with Crippen LogP contribution >= 0.6 is 0 Å². The predicted octanol–water partition coefficient (Wildman–Crippen LogP) is 3.17. The van der Waals surface area contributed by atoms with Crippen molar-refractivity contribution < 1.29 is 4.79 Å². The molecule has 3 nitrogen and oxygen atoms in total. The number of hydrogen-bond acceptors (Lipinski definition) is 2. The highest BCUT2D eigenvalue weighted by molar-refractivity contribution is 5.76. The van der Waals surface area contributed by atoms with Gasteiger partial charge in [-0.15, -0.1) is 0 Å². The van der Waals surface area contributed by atoms with Crippen LogP contribution in [0, 0.1) is 6.92 Å². The van der Waals surface area contributed by atoms with E-state index in [-0.39, 0.29) is 5.91 Å². The standard InChI is InChI=1S/C18H30N2O/c1-4-20(5-2)15-7-6-14-19-18(21)13-12-17-10-8-16(3)9-11-17/h8-11H,4-7,12-15H2,1-3H3,(H,19,21). The topological polar surface area (TPSA) is 32.3 Å². The molecular formula is C18H30N2O. The molecule has 0 spiro atoms. The van der Waals surface area contributed by atoms with Crippen molar-refractivity contribution in [3.63, 3.8) is 0 Å². The van der Waals surface area contributed by atoms with Gasteiger partial charge in [0.15, 0.2) is 0 Å². The lowest BCUT2D eigenvalue weighted by atomic mass is 10.1. The molecule has 1 aromatic carbocycles. The van der Waals surface area contributed by atoms with Crippen molar-refractivity contribution in [2.24, 2.45) is 0 Å². The van der Waals surface area contributed by atoms with Gasteiger partial charge < -0.3 is 10.2 Å². The first-order valence-corrected chi connectivity index (χ1v) is 8.20. The lowest BCUT2D eigenvalue weighted by molar-refractivity contribution is -0.121. The predicted molar refractivity (Wildman–Crippen MR) is 89.5 cm³/mol. The Balaban J connectivity index is 2.07. The Morgan fingerprint density at radius 3 is 2.38 bits per heavy atom. The first-order valence-electron chi connectivity index (χ1n) is 8.20. The SMILES string of the molecule is CCN(CC)CCCCNC(=O)CCc1ccc(C)cc1. The van der Waals surface area contributed by atoms with Crippen molar-refractivity contribution in [3.8, 4) is 0 Å². The molecule has 0 saturated carbocycles. The van der Waals surface area contributed by atoms with E-state index in [2.05, 4.69) is 55.3 Å². The molecule has 0 aliphatic rings. The number of nitrogens with one attached hydrogen (secondary N) is 1. The average molecular weight is 290 g/mol. The van der Waals surface area contributed by atoms with Crippen LogP contribution in [-0.4, -0.2) is 37.0 Å². The number of aryl methyl sites for hydroxylation is 2. The molecule has 118 valence electrons. The van der Waals surface area contributed by atoms with Crippen LogP contribution in [0.2, 0.25) is 0 Å². The summed E-state index contributed by atoms with van der Waals surface area (Å²) < 4.78 is 0. The van der Waals surface area contributed by atoms with E-state index in [1.807, 2.05) is 0 Å². The third kappa shape index (κ3) is 7.86. The number of carbonyl (C=O) groups excluding carboxylic acids is 1. The molecule has 3 heteroatoms. The lowest BCUT2D eigenvalue weighted by Gasteiger charge is -2.17. The Hall–Kier alpha value is -1.35. The van der Waals surface area contributed by atoms with Crippen molar-refractivity contribution in [1.82, 2.24) is 10.2 Å². The van der Waals surface area contributed by atoms with Gasteiger partial charge in [0.2, 0.25) is 5.91 Å². The van der Waals surface area contributed by atoms with E-state index in [9.17, 15) is 4.79 Å². The molecule has 0 fully saturated rings. The van der Waals surface area contributed by atoms with Gasteiger partial charge in [0.05, 0.1) is 0 Å². The summed E-state index contributed by atoms with van der Waals surface area (Å²) in [4.78, 5) is 14.2. The van der Waals surface area contributed by atoms with Crippen molar-refractivity contribution in [1.29, 1.82) is 0 Å². The quantitative estimate of drug-likeness (QED) is 0.671. The van der Waals surface area contributed by atoms with Gasteiger partial charge in [-0.3, -0.25) is 4.79 Å². The highest BCUT2D eigenvalue weighted by Gasteiger charge is 2.02. The van der Waals surface area contributed by atoms with E-state index in [0.717, 1.165) is 45.4 Å². The van der Waals surface area contributed by atoms with Gasteiger partial charge in [-0.1, -0.05) is 43.7 Å². The van der Waals surface area contributed by atoms with Gasteiger partial charge in [0.25, 0.3) is 0 Å². The summed E-state index contributed by atoms with van der Waals surface area (Å²) in [5.74, 6) is 0.165. The zero-order valence-electron chi connectivity index (χ0n) is 13.8. The molecule has 1 aromatic rings. The monoisotopic (exact) mass is 290 g/mol. The Labute approximate surface area is 129 Å². The van der Waals surface area contributed by atoms with Gasteiger partial charge >= 0.3 is 0 Å². The summed E-state index contributed by atoms with van der Waals surface area (Å²) in [7, 11) is 0. The molecule has 0 aliphatic heterocycles. The molecule has 0 heterocycles. The molecule has 0 unspecified atom stereocenters. The Morgan fingerprint density at radius 2 is 1.76 bits per heavy atom. The second kappa shape index (κ2) is 10.4. The maximum absolute atomic E-state index is 11.8. The number of hydrogen-bond donors (Lipinski definition) is 1. The van der Waals surface area contributed by atoms with Crippen LogP contribution in [0.3, 0.4) is 0 Å². The van der Waals surface area contributed by atoms with Crippen LogP contribution in [-0.2, 0) is 11.2 Å². The van der Waals surface area contributed by atoms with Crippen LogP contribution in [0.25, 0.3) is 0 Å². The first-order chi connectivity index (χ1) is 10.2. The number of nitrogens with zero attached hydrogens (tertiary/aromatic N) is 1. The van der Waals surface area contributed by atoms with E-state index < -0.39 is 0 Å². The minimum atomic E-state index is 0.165. The van der Waals surface area contributed by atoms with Crippen LogP contribution in [0.15, 0.2) is 24.3 Å². The fourth-order valence-electron chi connectivity index (χ4n) is 2.33. The number of carbonyl (C=O) groups is 1. The van der Waals surface area contributed by atoms with Crippen LogP contribution < -0.4 is 5.32 Å². The summed E-state index contributed by atoms with van der Waals surface area (Å²) in [6.45, 7) is 10.6. The molecule has 0 saturated heterocycles. The van der Waals surface area contributed by atoms with Gasteiger partial charge in [-0.2, -0.15) is 0 Å². The van der Waals surface area contributed by atoms with E-state index in [1.54, 1.807) is 0 Å². The number of rotatable bonds is 10. The molecule has 1 amide bonds. The van der Waals surface area contributed by atoms with Crippen LogP contribution in [0.5, 0.6) is 0 Å². The summed E-state index contributed by atoms with van der Waals surface area (Å²) >= 11 is 0. The molecule has 0 aliphatic carbocycles. The fourth-order valence-corrected chi connectivity index (χ4v) is 2.33.